The molecule has 0 bridgehead atoms. The fraction of sp³-hybridized carbons (Fsp3) is 0.118. The number of aromatic amines is 1. The number of H-pyrrole nitrogens is 1. The van der Waals surface area contributed by atoms with E-state index >= 15 is 0 Å². The number of amides is 1. The summed E-state index contributed by atoms with van der Waals surface area (Å²) < 4.78 is 0. The molecular weight excluding hydrogens is 262 g/mol. The Morgan fingerprint density at radius 1 is 1.05 bits per heavy atom. The van der Waals surface area contributed by atoms with Crippen molar-refractivity contribution in [2.75, 3.05) is 5.32 Å². The van der Waals surface area contributed by atoms with E-state index in [1.165, 1.54) is 10.9 Å². The largest absolute Gasteiger partial charge is 0.381 e. The monoisotopic (exact) mass is 279 g/mol. The number of fused-ring (bicyclic) bond motifs is 1. The van der Waals surface area contributed by atoms with Crippen molar-refractivity contribution in [3.63, 3.8) is 0 Å². The second-order valence-corrected chi connectivity index (χ2v) is 5.01. The molecule has 4 heteroatoms. The number of aromatic nitrogens is 1. The molecule has 0 unspecified atom stereocenters. The summed E-state index contributed by atoms with van der Waals surface area (Å²) >= 11 is 0. The molecule has 1 heterocycles. The van der Waals surface area contributed by atoms with Gasteiger partial charge in [-0.3, -0.25) is 4.79 Å². The van der Waals surface area contributed by atoms with Crippen molar-refractivity contribution >= 4 is 22.5 Å². The third-order valence-electron chi connectivity index (χ3n) is 3.53. The SMILES string of the molecule is NC(=O)Cc1ccccc1NCc1c[nH]c2ccccc12. The van der Waals surface area contributed by atoms with Crippen LogP contribution < -0.4 is 11.1 Å². The van der Waals surface area contributed by atoms with Gasteiger partial charge in [-0.25, -0.2) is 0 Å². The van der Waals surface area contributed by atoms with Crippen LogP contribution in [0.5, 0.6) is 0 Å². The molecule has 2 aromatic carbocycles. The number of hydrogen-bond donors (Lipinski definition) is 3. The molecule has 0 aliphatic rings. The van der Waals surface area contributed by atoms with E-state index in [4.69, 9.17) is 5.73 Å². The number of benzene rings is 2. The van der Waals surface area contributed by atoms with Crippen molar-refractivity contribution in [1.82, 2.24) is 4.98 Å². The van der Waals surface area contributed by atoms with E-state index in [1.807, 2.05) is 42.6 Å². The number of para-hydroxylation sites is 2. The number of nitrogens with one attached hydrogen (secondary N) is 2. The molecule has 1 amide bonds. The van der Waals surface area contributed by atoms with Gasteiger partial charge in [0.25, 0.3) is 0 Å². The van der Waals surface area contributed by atoms with Gasteiger partial charge in [0.1, 0.15) is 0 Å². The first kappa shape index (κ1) is 13.2. The Bertz CT molecular complexity index is 776. The highest BCUT2D eigenvalue weighted by molar-refractivity contribution is 5.83. The van der Waals surface area contributed by atoms with Crippen LogP contribution in [0.25, 0.3) is 10.9 Å². The predicted molar refractivity (Wildman–Crippen MR) is 85.0 cm³/mol. The van der Waals surface area contributed by atoms with Gasteiger partial charge in [0.15, 0.2) is 0 Å². The van der Waals surface area contributed by atoms with E-state index < -0.39 is 0 Å². The zero-order chi connectivity index (χ0) is 14.7. The van der Waals surface area contributed by atoms with E-state index in [9.17, 15) is 4.79 Å². The molecule has 0 radical (unpaired) electrons. The summed E-state index contributed by atoms with van der Waals surface area (Å²) in [6.07, 6.45) is 2.26. The van der Waals surface area contributed by atoms with Crippen LogP contribution >= 0.6 is 0 Å². The summed E-state index contributed by atoms with van der Waals surface area (Å²) in [6.45, 7) is 0.694. The fourth-order valence-corrected chi connectivity index (χ4v) is 2.50. The topological polar surface area (TPSA) is 70.9 Å². The van der Waals surface area contributed by atoms with Crippen molar-refractivity contribution in [3.8, 4) is 0 Å². The van der Waals surface area contributed by atoms with Crippen LogP contribution in [0.4, 0.5) is 5.69 Å². The lowest BCUT2D eigenvalue weighted by Crippen LogP contribution is -2.15. The van der Waals surface area contributed by atoms with Crippen LogP contribution in [0, 0.1) is 0 Å². The average Bonchev–Trinajstić information content (AvgIpc) is 2.89. The lowest BCUT2D eigenvalue weighted by molar-refractivity contribution is -0.117. The number of rotatable bonds is 5. The third kappa shape index (κ3) is 2.89. The average molecular weight is 279 g/mol. The Morgan fingerprint density at radius 3 is 2.67 bits per heavy atom. The smallest absolute Gasteiger partial charge is 0.221 e. The van der Waals surface area contributed by atoms with Gasteiger partial charge in [-0.15, -0.1) is 0 Å². The number of anilines is 1. The van der Waals surface area contributed by atoms with Crippen LogP contribution in [0.2, 0.25) is 0 Å². The molecule has 21 heavy (non-hydrogen) atoms. The van der Waals surface area contributed by atoms with Gasteiger partial charge >= 0.3 is 0 Å². The summed E-state index contributed by atoms with van der Waals surface area (Å²) in [7, 11) is 0. The van der Waals surface area contributed by atoms with Crippen molar-refractivity contribution in [1.29, 1.82) is 0 Å². The quantitative estimate of drug-likeness (QED) is 0.672. The van der Waals surface area contributed by atoms with Gasteiger partial charge in [-0.05, 0) is 23.3 Å². The number of carbonyl (C=O) groups is 1. The van der Waals surface area contributed by atoms with Crippen molar-refractivity contribution < 1.29 is 4.79 Å². The van der Waals surface area contributed by atoms with E-state index in [1.54, 1.807) is 0 Å². The Hall–Kier alpha value is -2.75. The van der Waals surface area contributed by atoms with Crippen molar-refractivity contribution in [2.24, 2.45) is 5.73 Å². The molecular formula is C17H17N3O. The lowest BCUT2D eigenvalue weighted by Gasteiger charge is -2.10. The number of primary amides is 1. The summed E-state index contributed by atoms with van der Waals surface area (Å²) in [5.41, 5.74) is 9.47. The molecule has 0 spiro atoms. The summed E-state index contributed by atoms with van der Waals surface area (Å²) in [6, 6.07) is 15.9. The highest BCUT2D eigenvalue weighted by Crippen LogP contribution is 2.21. The maximum atomic E-state index is 11.1. The maximum absolute atomic E-state index is 11.1. The van der Waals surface area contributed by atoms with Crippen LogP contribution in [0.3, 0.4) is 0 Å². The van der Waals surface area contributed by atoms with Crippen LogP contribution in [-0.2, 0) is 17.8 Å². The molecule has 0 saturated heterocycles. The Kier molecular flexibility index (Phi) is 3.60. The van der Waals surface area contributed by atoms with Crippen molar-refractivity contribution in [3.05, 3.63) is 65.9 Å². The van der Waals surface area contributed by atoms with Gasteiger partial charge in [0.2, 0.25) is 5.91 Å². The minimum atomic E-state index is -0.323. The molecule has 0 atom stereocenters. The van der Waals surface area contributed by atoms with Gasteiger partial charge in [-0.2, -0.15) is 0 Å². The number of carbonyl (C=O) groups excluding carboxylic acids is 1. The first-order valence-electron chi connectivity index (χ1n) is 6.89. The van der Waals surface area contributed by atoms with Gasteiger partial charge in [-0.1, -0.05) is 36.4 Å². The van der Waals surface area contributed by atoms with E-state index in [2.05, 4.69) is 22.4 Å². The van der Waals surface area contributed by atoms with E-state index in [0.717, 1.165) is 16.8 Å². The molecule has 3 rings (SSSR count). The number of nitrogens with two attached hydrogens (primary N) is 1. The van der Waals surface area contributed by atoms with Gasteiger partial charge in [0, 0.05) is 29.3 Å². The molecule has 0 aliphatic heterocycles. The highest BCUT2D eigenvalue weighted by Gasteiger charge is 2.06. The van der Waals surface area contributed by atoms with E-state index in [-0.39, 0.29) is 12.3 Å². The van der Waals surface area contributed by atoms with Crippen molar-refractivity contribution in [2.45, 2.75) is 13.0 Å². The second kappa shape index (κ2) is 5.71. The van der Waals surface area contributed by atoms with E-state index in [0.29, 0.717) is 6.54 Å². The third-order valence-corrected chi connectivity index (χ3v) is 3.53. The lowest BCUT2D eigenvalue weighted by atomic mass is 10.1. The fourth-order valence-electron chi connectivity index (χ4n) is 2.50. The maximum Gasteiger partial charge on any atom is 0.221 e. The standard InChI is InChI=1S/C17H17N3O/c18-17(21)9-12-5-1-3-7-15(12)19-10-13-11-20-16-8-4-2-6-14(13)16/h1-8,11,19-20H,9-10H2,(H2,18,21). The first-order chi connectivity index (χ1) is 10.2. The Labute approximate surface area is 123 Å². The molecule has 106 valence electrons. The van der Waals surface area contributed by atoms with Gasteiger partial charge < -0.3 is 16.0 Å². The molecule has 0 aliphatic carbocycles. The van der Waals surface area contributed by atoms with Crippen LogP contribution in [0.1, 0.15) is 11.1 Å². The number of hydrogen-bond acceptors (Lipinski definition) is 2. The Morgan fingerprint density at radius 2 is 1.81 bits per heavy atom. The van der Waals surface area contributed by atoms with Crippen LogP contribution in [-0.4, -0.2) is 10.9 Å². The Balaban J connectivity index is 1.80. The highest BCUT2D eigenvalue weighted by atomic mass is 16.1. The molecule has 3 aromatic rings. The first-order valence-corrected chi connectivity index (χ1v) is 6.89. The minimum Gasteiger partial charge on any atom is -0.381 e. The van der Waals surface area contributed by atoms with Gasteiger partial charge in [0.05, 0.1) is 6.42 Å². The molecule has 4 nitrogen and oxygen atoms in total. The zero-order valence-corrected chi connectivity index (χ0v) is 11.6. The molecule has 4 N–H and O–H groups in total. The molecule has 1 aromatic heterocycles. The summed E-state index contributed by atoms with van der Waals surface area (Å²) in [4.78, 5) is 14.4. The normalized spacial score (nSPS) is 10.7. The minimum absolute atomic E-state index is 0.247. The molecule has 0 fully saturated rings. The summed E-state index contributed by atoms with van der Waals surface area (Å²) in [5.74, 6) is -0.323. The second-order valence-electron chi connectivity index (χ2n) is 5.01. The predicted octanol–water partition coefficient (Wildman–Crippen LogP) is 2.81. The summed E-state index contributed by atoms with van der Waals surface area (Å²) in [5, 5.41) is 4.59. The zero-order valence-electron chi connectivity index (χ0n) is 11.6. The van der Waals surface area contributed by atoms with Crippen LogP contribution in [0.15, 0.2) is 54.7 Å². The molecule has 0 saturated carbocycles.